The first kappa shape index (κ1) is 17.4. The highest BCUT2D eigenvalue weighted by molar-refractivity contribution is 6.35. The summed E-state index contributed by atoms with van der Waals surface area (Å²) in [4.78, 5) is 16.5. The Morgan fingerprint density at radius 2 is 2.20 bits per heavy atom. The number of imidazole rings is 1. The van der Waals surface area contributed by atoms with E-state index < -0.39 is 6.10 Å². The number of halogens is 2. The summed E-state index contributed by atoms with van der Waals surface area (Å²) in [5, 5.41) is 13.3. The van der Waals surface area contributed by atoms with Gasteiger partial charge in [-0.2, -0.15) is 0 Å². The third-order valence-corrected chi connectivity index (χ3v) is 4.05. The predicted octanol–water partition coefficient (Wildman–Crippen LogP) is 3.43. The highest BCUT2D eigenvalue weighted by atomic mass is 35.5. The van der Waals surface area contributed by atoms with E-state index in [0.717, 1.165) is 0 Å². The van der Waals surface area contributed by atoms with E-state index in [1.54, 1.807) is 54.0 Å². The number of carbonyl (C=O) groups is 1. The molecular weight excluding hydrogens is 365 g/mol. The van der Waals surface area contributed by atoms with Crippen LogP contribution in [0.5, 0.6) is 11.5 Å². The van der Waals surface area contributed by atoms with Crippen LogP contribution in [-0.2, 0) is 11.3 Å². The minimum atomic E-state index is -0.746. The van der Waals surface area contributed by atoms with Gasteiger partial charge in [0.15, 0.2) is 17.5 Å². The Kier molecular flexibility index (Phi) is 5.01. The van der Waals surface area contributed by atoms with Crippen LogP contribution >= 0.6 is 23.2 Å². The zero-order valence-corrected chi connectivity index (χ0v) is 14.8. The van der Waals surface area contributed by atoms with Crippen molar-refractivity contribution in [2.75, 3.05) is 0 Å². The molecule has 1 aromatic carbocycles. The molecule has 0 saturated heterocycles. The fraction of sp³-hybridized carbons (Fsp3) is 0.176. The number of ether oxygens (including phenoxy) is 1. The first-order valence-corrected chi connectivity index (χ1v) is 8.24. The normalized spacial score (nSPS) is 12.1. The van der Waals surface area contributed by atoms with Crippen LogP contribution in [-0.4, -0.2) is 26.5 Å². The molecule has 0 fully saturated rings. The Hall–Kier alpha value is -2.44. The van der Waals surface area contributed by atoms with Crippen molar-refractivity contribution >= 4 is 34.8 Å². The molecule has 25 heavy (non-hydrogen) atoms. The largest absolute Gasteiger partial charge is 0.504 e. The summed E-state index contributed by atoms with van der Waals surface area (Å²) in [6.07, 6.45) is 2.75. The van der Waals surface area contributed by atoms with Crippen molar-refractivity contribution in [2.45, 2.75) is 19.6 Å². The van der Waals surface area contributed by atoms with Gasteiger partial charge in [-0.3, -0.25) is 4.79 Å². The van der Waals surface area contributed by atoms with Gasteiger partial charge in [0, 0.05) is 17.4 Å². The van der Waals surface area contributed by atoms with Crippen molar-refractivity contribution in [1.29, 1.82) is 0 Å². The van der Waals surface area contributed by atoms with E-state index >= 15 is 0 Å². The Labute approximate surface area is 154 Å². The van der Waals surface area contributed by atoms with E-state index in [1.807, 2.05) is 0 Å². The standard InChI is InChI=1S/C17H15Cl2N3O3/c1-10(25-15-5-4-11(18)7-13(15)19)17(24)20-8-12-9-22-6-2-3-14(23)16(22)21-12/h2-7,9-10,23H,8H2,1H3,(H,20,24). The summed E-state index contributed by atoms with van der Waals surface area (Å²) < 4.78 is 7.24. The number of hydrogen-bond acceptors (Lipinski definition) is 4. The highest BCUT2D eigenvalue weighted by Crippen LogP contribution is 2.28. The third-order valence-electron chi connectivity index (χ3n) is 3.52. The SMILES string of the molecule is CC(Oc1ccc(Cl)cc1Cl)C(=O)NCc1cn2cccc(O)c2n1. The van der Waals surface area contributed by atoms with E-state index in [9.17, 15) is 9.90 Å². The molecule has 130 valence electrons. The summed E-state index contributed by atoms with van der Waals surface area (Å²) in [7, 11) is 0. The molecule has 0 radical (unpaired) electrons. The van der Waals surface area contributed by atoms with Gasteiger partial charge in [-0.05, 0) is 37.3 Å². The Morgan fingerprint density at radius 1 is 1.40 bits per heavy atom. The molecule has 1 atom stereocenters. The average Bonchev–Trinajstić information content (AvgIpc) is 2.99. The molecule has 1 unspecified atom stereocenters. The van der Waals surface area contributed by atoms with Crippen molar-refractivity contribution < 1.29 is 14.6 Å². The number of carbonyl (C=O) groups excluding carboxylic acids is 1. The zero-order valence-electron chi connectivity index (χ0n) is 13.2. The number of benzene rings is 1. The van der Waals surface area contributed by atoms with Gasteiger partial charge in [0.2, 0.25) is 0 Å². The summed E-state index contributed by atoms with van der Waals surface area (Å²) >= 11 is 11.9. The molecule has 0 bridgehead atoms. The highest BCUT2D eigenvalue weighted by Gasteiger charge is 2.16. The van der Waals surface area contributed by atoms with Crippen LogP contribution in [0.15, 0.2) is 42.7 Å². The van der Waals surface area contributed by atoms with E-state index in [-0.39, 0.29) is 18.2 Å². The quantitative estimate of drug-likeness (QED) is 0.711. The van der Waals surface area contributed by atoms with E-state index in [0.29, 0.717) is 27.1 Å². The number of pyridine rings is 1. The molecule has 0 aliphatic rings. The minimum Gasteiger partial charge on any atom is -0.504 e. The lowest BCUT2D eigenvalue weighted by Gasteiger charge is -2.15. The topological polar surface area (TPSA) is 75.9 Å². The second-order valence-corrected chi connectivity index (χ2v) is 6.25. The van der Waals surface area contributed by atoms with Crippen LogP contribution in [0.1, 0.15) is 12.6 Å². The molecule has 0 aliphatic carbocycles. The third kappa shape index (κ3) is 3.97. The monoisotopic (exact) mass is 379 g/mol. The molecule has 2 heterocycles. The Morgan fingerprint density at radius 3 is 2.92 bits per heavy atom. The Balaban J connectivity index is 1.62. The van der Waals surface area contributed by atoms with Crippen molar-refractivity contribution in [3.05, 3.63) is 58.5 Å². The summed E-state index contributed by atoms with van der Waals surface area (Å²) in [5.41, 5.74) is 1.05. The van der Waals surface area contributed by atoms with Crippen LogP contribution in [0.2, 0.25) is 10.0 Å². The number of fused-ring (bicyclic) bond motifs is 1. The van der Waals surface area contributed by atoms with E-state index in [2.05, 4.69) is 10.3 Å². The molecule has 2 aromatic heterocycles. The van der Waals surface area contributed by atoms with Gasteiger partial charge in [0.25, 0.3) is 5.91 Å². The fourth-order valence-corrected chi connectivity index (χ4v) is 2.72. The zero-order chi connectivity index (χ0) is 18.0. The van der Waals surface area contributed by atoms with Crippen LogP contribution in [0.3, 0.4) is 0 Å². The molecule has 2 N–H and O–H groups in total. The van der Waals surface area contributed by atoms with E-state index in [4.69, 9.17) is 27.9 Å². The molecule has 3 aromatic rings. The molecule has 6 nitrogen and oxygen atoms in total. The molecule has 8 heteroatoms. The van der Waals surface area contributed by atoms with Crippen LogP contribution in [0.4, 0.5) is 0 Å². The van der Waals surface area contributed by atoms with Gasteiger partial charge < -0.3 is 19.6 Å². The first-order valence-electron chi connectivity index (χ1n) is 7.49. The number of rotatable bonds is 5. The predicted molar refractivity (Wildman–Crippen MR) is 95.3 cm³/mol. The number of amides is 1. The van der Waals surface area contributed by atoms with Crippen molar-refractivity contribution in [2.24, 2.45) is 0 Å². The number of aromatic hydroxyl groups is 1. The lowest BCUT2D eigenvalue weighted by atomic mass is 10.3. The molecular formula is C17H15Cl2N3O3. The minimum absolute atomic E-state index is 0.0779. The van der Waals surface area contributed by atoms with Gasteiger partial charge in [-0.25, -0.2) is 4.98 Å². The van der Waals surface area contributed by atoms with Crippen molar-refractivity contribution in [3.63, 3.8) is 0 Å². The van der Waals surface area contributed by atoms with Crippen LogP contribution < -0.4 is 10.1 Å². The summed E-state index contributed by atoms with van der Waals surface area (Å²) in [6.45, 7) is 1.83. The fourth-order valence-electron chi connectivity index (χ4n) is 2.27. The van der Waals surface area contributed by atoms with Gasteiger partial charge >= 0.3 is 0 Å². The second-order valence-electron chi connectivity index (χ2n) is 5.41. The van der Waals surface area contributed by atoms with E-state index in [1.165, 1.54) is 0 Å². The van der Waals surface area contributed by atoms with Crippen LogP contribution in [0.25, 0.3) is 5.65 Å². The van der Waals surface area contributed by atoms with Gasteiger partial charge in [-0.15, -0.1) is 0 Å². The number of nitrogens with one attached hydrogen (secondary N) is 1. The smallest absolute Gasteiger partial charge is 0.261 e. The molecule has 3 rings (SSSR count). The maximum atomic E-state index is 12.2. The lowest BCUT2D eigenvalue weighted by Crippen LogP contribution is -2.36. The maximum Gasteiger partial charge on any atom is 0.261 e. The summed E-state index contributed by atoms with van der Waals surface area (Å²) in [5.74, 6) is 0.146. The summed E-state index contributed by atoms with van der Waals surface area (Å²) in [6, 6.07) is 8.05. The van der Waals surface area contributed by atoms with Crippen molar-refractivity contribution in [3.8, 4) is 11.5 Å². The molecule has 0 saturated carbocycles. The van der Waals surface area contributed by atoms with Gasteiger partial charge in [-0.1, -0.05) is 23.2 Å². The van der Waals surface area contributed by atoms with Gasteiger partial charge in [0.05, 0.1) is 17.3 Å². The second kappa shape index (κ2) is 7.21. The Bertz CT molecular complexity index is 927. The molecule has 1 amide bonds. The maximum absolute atomic E-state index is 12.2. The average molecular weight is 380 g/mol. The number of aromatic nitrogens is 2. The lowest BCUT2D eigenvalue weighted by molar-refractivity contribution is -0.127. The van der Waals surface area contributed by atoms with Gasteiger partial charge in [0.1, 0.15) is 5.75 Å². The molecule has 0 spiro atoms. The number of hydrogen-bond donors (Lipinski definition) is 2. The van der Waals surface area contributed by atoms with Crippen molar-refractivity contribution in [1.82, 2.24) is 14.7 Å². The number of nitrogens with zero attached hydrogens (tertiary/aromatic N) is 2. The molecule has 0 aliphatic heterocycles. The van der Waals surface area contributed by atoms with Crippen LogP contribution in [0, 0.1) is 0 Å². The first-order chi connectivity index (χ1) is 11.9.